The largest absolute Gasteiger partial charge is 0.501 e. The number of pyridine rings is 1. The normalized spacial score (nSPS) is 9.55. The van der Waals surface area contributed by atoms with Crippen molar-refractivity contribution in [1.82, 2.24) is 4.98 Å². The van der Waals surface area contributed by atoms with Gasteiger partial charge in [-0.3, -0.25) is 10.1 Å². The van der Waals surface area contributed by atoms with Crippen molar-refractivity contribution in [1.29, 1.82) is 0 Å². The summed E-state index contributed by atoms with van der Waals surface area (Å²) in [6.07, 6.45) is 1.02. The summed E-state index contributed by atoms with van der Waals surface area (Å²) in [6, 6.07) is 1.13. The zero-order valence-electron chi connectivity index (χ0n) is 5.19. The number of nitrogens with zero attached hydrogens (tertiary/aromatic N) is 2. The molecule has 0 spiro atoms. The molecule has 5 nitrogen and oxygen atoms in total. The predicted molar refractivity (Wildman–Crippen MR) is 40.3 cm³/mol. The van der Waals surface area contributed by atoms with Gasteiger partial charge in [0.15, 0.2) is 0 Å². The van der Waals surface area contributed by atoms with Crippen LogP contribution in [0.3, 0.4) is 0 Å². The summed E-state index contributed by atoms with van der Waals surface area (Å²) in [5.41, 5.74) is -0.355. The smallest absolute Gasteiger partial charge is 0.315 e. The average Bonchev–Trinajstić information content (AvgIpc) is 1.94. The number of hydrogen-bond donors (Lipinski definition) is 1. The van der Waals surface area contributed by atoms with Gasteiger partial charge in [0.25, 0.3) is 0 Å². The van der Waals surface area contributed by atoms with Crippen LogP contribution in [0.5, 0.6) is 5.75 Å². The quantitative estimate of drug-likeness (QED) is 0.440. The zero-order chi connectivity index (χ0) is 8.43. The van der Waals surface area contributed by atoms with E-state index in [-0.39, 0.29) is 5.69 Å². The molecule has 1 heterocycles. The second kappa shape index (κ2) is 2.83. The van der Waals surface area contributed by atoms with E-state index in [0.717, 1.165) is 12.3 Å². The van der Waals surface area contributed by atoms with Crippen molar-refractivity contribution in [3.63, 3.8) is 0 Å². The SMILES string of the molecule is O=[N+]([O-])c1cc(Br)ncc1O. The number of aromatic nitrogens is 1. The molecule has 0 fully saturated rings. The molecule has 1 rings (SSSR count). The van der Waals surface area contributed by atoms with E-state index >= 15 is 0 Å². The van der Waals surface area contributed by atoms with Crippen molar-refractivity contribution in [3.05, 3.63) is 27.0 Å². The fraction of sp³-hybridized carbons (Fsp3) is 0. The molecule has 0 aliphatic carbocycles. The van der Waals surface area contributed by atoms with Crippen LogP contribution in [0.4, 0.5) is 5.69 Å². The average molecular weight is 219 g/mol. The van der Waals surface area contributed by atoms with Crippen molar-refractivity contribution in [3.8, 4) is 5.75 Å². The Kier molecular flexibility index (Phi) is 2.04. The zero-order valence-corrected chi connectivity index (χ0v) is 6.78. The maximum Gasteiger partial charge on any atom is 0.315 e. The number of nitro groups is 1. The Morgan fingerprint density at radius 1 is 1.73 bits per heavy atom. The molecule has 0 unspecified atom stereocenters. The lowest BCUT2D eigenvalue weighted by Gasteiger charge is -1.93. The van der Waals surface area contributed by atoms with Gasteiger partial charge in [-0.1, -0.05) is 0 Å². The molecule has 0 bridgehead atoms. The van der Waals surface area contributed by atoms with E-state index in [2.05, 4.69) is 20.9 Å². The Morgan fingerprint density at radius 3 is 2.82 bits per heavy atom. The molecule has 0 aliphatic rings. The highest BCUT2D eigenvalue weighted by molar-refractivity contribution is 9.10. The van der Waals surface area contributed by atoms with Gasteiger partial charge in [-0.2, -0.15) is 0 Å². The molecule has 11 heavy (non-hydrogen) atoms. The van der Waals surface area contributed by atoms with Crippen LogP contribution in [0.2, 0.25) is 0 Å². The predicted octanol–water partition coefficient (Wildman–Crippen LogP) is 1.46. The summed E-state index contributed by atoms with van der Waals surface area (Å²) in [6.45, 7) is 0. The molecule has 0 atom stereocenters. The minimum atomic E-state index is -0.679. The first-order valence-corrected chi connectivity index (χ1v) is 3.39. The minimum absolute atomic E-state index is 0.321. The van der Waals surface area contributed by atoms with Crippen molar-refractivity contribution < 1.29 is 10.0 Å². The molecule has 0 radical (unpaired) electrons. The standard InChI is InChI=1S/C5H3BrN2O3/c6-5-1-3(8(10)11)4(9)2-7-5/h1-2,9H. The van der Waals surface area contributed by atoms with Gasteiger partial charge in [-0.15, -0.1) is 0 Å². The van der Waals surface area contributed by atoms with E-state index in [0.29, 0.717) is 4.60 Å². The van der Waals surface area contributed by atoms with Crippen LogP contribution in [0.25, 0.3) is 0 Å². The van der Waals surface area contributed by atoms with Gasteiger partial charge < -0.3 is 5.11 Å². The Bertz CT molecular complexity index is 302. The van der Waals surface area contributed by atoms with Crippen molar-refractivity contribution in [2.45, 2.75) is 0 Å². The van der Waals surface area contributed by atoms with Crippen LogP contribution in [0.15, 0.2) is 16.9 Å². The summed E-state index contributed by atoms with van der Waals surface area (Å²) in [5.74, 6) is -0.432. The topological polar surface area (TPSA) is 76.3 Å². The van der Waals surface area contributed by atoms with Crippen LogP contribution in [0.1, 0.15) is 0 Å². The molecular weight excluding hydrogens is 216 g/mol. The third kappa shape index (κ3) is 1.64. The van der Waals surface area contributed by atoms with Gasteiger partial charge in [0.2, 0.25) is 5.75 Å². The van der Waals surface area contributed by atoms with Crippen molar-refractivity contribution in [2.75, 3.05) is 0 Å². The summed E-state index contributed by atoms with van der Waals surface area (Å²) in [4.78, 5) is 13.1. The Labute approximate surface area is 70.0 Å². The highest BCUT2D eigenvalue weighted by Crippen LogP contribution is 2.26. The lowest BCUT2D eigenvalue weighted by Crippen LogP contribution is -1.89. The lowest BCUT2D eigenvalue weighted by atomic mass is 10.4. The Hall–Kier alpha value is -1.17. The van der Waals surface area contributed by atoms with E-state index < -0.39 is 10.7 Å². The van der Waals surface area contributed by atoms with Gasteiger partial charge in [0.1, 0.15) is 4.60 Å². The van der Waals surface area contributed by atoms with Gasteiger partial charge in [0, 0.05) is 0 Å². The van der Waals surface area contributed by atoms with Crippen LogP contribution in [0, 0.1) is 10.1 Å². The summed E-state index contributed by atoms with van der Waals surface area (Å²) < 4.78 is 0.321. The molecule has 1 aromatic heterocycles. The van der Waals surface area contributed by atoms with Crippen molar-refractivity contribution >= 4 is 21.6 Å². The lowest BCUT2D eigenvalue weighted by molar-refractivity contribution is -0.386. The Balaban J connectivity index is 3.23. The first-order valence-electron chi connectivity index (χ1n) is 2.60. The van der Waals surface area contributed by atoms with E-state index in [9.17, 15) is 10.1 Å². The monoisotopic (exact) mass is 218 g/mol. The second-order valence-corrected chi connectivity index (χ2v) is 2.57. The van der Waals surface area contributed by atoms with E-state index in [1.165, 1.54) is 0 Å². The molecule has 0 saturated heterocycles. The van der Waals surface area contributed by atoms with Crippen LogP contribution in [-0.4, -0.2) is 15.0 Å². The number of halogens is 1. The Morgan fingerprint density at radius 2 is 2.36 bits per heavy atom. The molecule has 0 aromatic carbocycles. The van der Waals surface area contributed by atoms with Gasteiger partial charge in [-0.25, -0.2) is 4.98 Å². The second-order valence-electron chi connectivity index (χ2n) is 1.75. The molecule has 58 valence electrons. The third-order valence-electron chi connectivity index (χ3n) is 1.03. The first kappa shape index (κ1) is 7.93. The van der Waals surface area contributed by atoms with Gasteiger partial charge in [-0.05, 0) is 15.9 Å². The summed E-state index contributed by atoms with van der Waals surface area (Å²) in [5, 5.41) is 19.1. The van der Waals surface area contributed by atoms with Gasteiger partial charge >= 0.3 is 5.69 Å². The highest BCUT2D eigenvalue weighted by atomic mass is 79.9. The third-order valence-corrected chi connectivity index (χ3v) is 1.46. The molecular formula is C5H3BrN2O3. The number of hydrogen-bond acceptors (Lipinski definition) is 4. The fourth-order valence-electron chi connectivity index (χ4n) is 0.559. The van der Waals surface area contributed by atoms with E-state index in [1.807, 2.05) is 0 Å². The highest BCUT2D eigenvalue weighted by Gasteiger charge is 2.12. The van der Waals surface area contributed by atoms with Crippen LogP contribution in [-0.2, 0) is 0 Å². The molecule has 1 aromatic rings. The minimum Gasteiger partial charge on any atom is -0.501 e. The fourth-order valence-corrected chi connectivity index (χ4v) is 0.878. The van der Waals surface area contributed by atoms with Crippen molar-refractivity contribution in [2.24, 2.45) is 0 Å². The molecule has 6 heteroatoms. The molecule has 0 aliphatic heterocycles. The van der Waals surface area contributed by atoms with Crippen LogP contribution >= 0.6 is 15.9 Å². The maximum atomic E-state index is 10.2. The van der Waals surface area contributed by atoms with Gasteiger partial charge in [0.05, 0.1) is 17.2 Å². The van der Waals surface area contributed by atoms with Crippen LogP contribution < -0.4 is 0 Å². The van der Waals surface area contributed by atoms with E-state index in [4.69, 9.17) is 5.11 Å². The number of aromatic hydroxyl groups is 1. The number of rotatable bonds is 1. The molecule has 0 saturated carbocycles. The first-order chi connectivity index (χ1) is 5.11. The summed E-state index contributed by atoms with van der Waals surface area (Å²) in [7, 11) is 0. The molecule has 0 amide bonds. The maximum absolute atomic E-state index is 10.2. The summed E-state index contributed by atoms with van der Waals surface area (Å²) >= 11 is 2.94. The molecule has 1 N–H and O–H groups in total. The van der Waals surface area contributed by atoms with E-state index in [1.54, 1.807) is 0 Å².